The van der Waals surface area contributed by atoms with Gasteiger partial charge in [-0.15, -0.1) is 0 Å². The molecule has 6 rings (SSSR count). The van der Waals surface area contributed by atoms with E-state index in [4.69, 9.17) is 9.78 Å². The number of hydrogen-bond donors (Lipinski definition) is 4. The number of hydrogen-bond acceptors (Lipinski definition) is 9. The highest BCUT2D eigenvalue weighted by Crippen LogP contribution is 2.67. The van der Waals surface area contributed by atoms with Crippen LogP contribution in [-0.4, -0.2) is 52.1 Å². The molecule has 9 heteroatoms. The van der Waals surface area contributed by atoms with Crippen LogP contribution in [0, 0.1) is 28.6 Å². The fourth-order valence-corrected chi connectivity index (χ4v) is 8.72. The highest BCUT2D eigenvalue weighted by Gasteiger charge is 2.70. The summed E-state index contributed by atoms with van der Waals surface area (Å²) >= 11 is 0. The van der Waals surface area contributed by atoms with E-state index in [1.54, 1.807) is 24.3 Å². The monoisotopic (exact) mass is 587 g/mol. The van der Waals surface area contributed by atoms with E-state index in [-0.39, 0.29) is 23.5 Å². The second-order valence-corrected chi connectivity index (χ2v) is 13.0. The molecule has 0 aliphatic heterocycles. The number of nitrogens with zero attached hydrogens (tertiary/aromatic N) is 1. The Morgan fingerprint density at radius 2 is 1.93 bits per heavy atom. The van der Waals surface area contributed by atoms with E-state index in [1.165, 1.54) is 6.20 Å². The summed E-state index contributed by atoms with van der Waals surface area (Å²) in [5.74, 6) is 0.706. The van der Waals surface area contributed by atoms with Crippen LogP contribution in [0.4, 0.5) is 11.5 Å². The van der Waals surface area contributed by atoms with E-state index in [9.17, 15) is 19.8 Å². The van der Waals surface area contributed by atoms with Gasteiger partial charge in [-0.05, 0) is 85.9 Å². The van der Waals surface area contributed by atoms with Crippen LogP contribution in [0.1, 0.15) is 51.5 Å². The Morgan fingerprint density at radius 1 is 1.14 bits per heavy atom. The average molecular weight is 588 g/mol. The molecule has 1 heterocycles. The second-order valence-electron chi connectivity index (χ2n) is 13.0. The zero-order chi connectivity index (χ0) is 30.4. The molecule has 1 aromatic carbocycles. The molecular weight excluding hydrogens is 546 g/mol. The molecule has 3 saturated carbocycles. The summed E-state index contributed by atoms with van der Waals surface area (Å²) in [4.78, 5) is 42.0. The first-order valence-electron chi connectivity index (χ1n) is 15.2. The van der Waals surface area contributed by atoms with Gasteiger partial charge in [-0.1, -0.05) is 37.6 Å². The minimum atomic E-state index is -1.41. The van der Waals surface area contributed by atoms with Crippen molar-refractivity contribution in [3.8, 4) is 5.75 Å². The number of aliphatic hydroxyl groups is 2. The van der Waals surface area contributed by atoms with Crippen molar-refractivity contribution >= 4 is 23.1 Å². The Labute approximate surface area is 252 Å². The van der Waals surface area contributed by atoms with E-state index < -0.39 is 34.9 Å². The third kappa shape index (κ3) is 4.87. The van der Waals surface area contributed by atoms with Crippen LogP contribution in [0.3, 0.4) is 0 Å². The Balaban J connectivity index is 1.18. The summed E-state index contributed by atoms with van der Waals surface area (Å²) in [6, 6.07) is 11.6. The Bertz CT molecular complexity index is 1440. The lowest BCUT2D eigenvalue weighted by Crippen LogP contribution is -2.62. The molecule has 0 amide bonds. The molecule has 0 spiro atoms. The van der Waals surface area contributed by atoms with Gasteiger partial charge >= 0.3 is 0 Å². The maximum Gasteiger partial charge on any atom is 0.194 e. The minimum absolute atomic E-state index is 0.00203. The molecule has 3 fully saturated rings. The van der Waals surface area contributed by atoms with Crippen molar-refractivity contribution in [2.24, 2.45) is 28.6 Å². The van der Waals surface area contributed by atoms with E-state index in [2.05, 4.69) is 22.5 Å². The van der Waals surface area contributed by atoms with Crippen LogP contribution in [0.2, 0.25) is 0 Å². The number of benzene rings is 1. The first-order valence-corrected chi connectivity index (χ1v) is 15.2. The minimum Gasteiger partial charge on any atom is -0.393 e. The molecule has 4 aliphatic rings. The number of nitrogens with one attached hydrogen (secondary N) is 2. The van der Waals surface area contributed by atoms with E-state index in [0.717, 1.165) is 29.7 Å². The lowest BCUT2D eigenvalue weighted by atomic mass is 9.46. The summed E-state index contributed by atoms with van der Waals surface area (Å²) < 4.78 is 0. The zero-order valence-electron chi connectivity index (χ0n) is 25.0. The Hall–Kier alpha value is -3.53. The number of anilines is 2. The molecule has 1 aromatic heterocycles. The Kier molecular flexibility index (Phi) is 7.69. The number of fused-ring (bicyclic) bond motifs is 5. The smallest absolute Gasteiger partial charge is 0.194 e. The lowest BCUT2D eigenvalue weighted by molar-refractivity contribution is -0.317. The highest BCUT2D eigenvalue weighted by atomic mass is 17.2. The molecular formula is C34H41N3O6. The van der Waals surface area contributed by atoms with Gasteiger partial charge in [0.2, 0.25) is 0 Å². The van der Waals surface area contributed by atoms with E-state index in [0.29, 0.717) is 37.4 Å². The van der Waals surface area contributed by atoms with Crippen molar-refractivity contribution in [3.63, 3.8) is 0 Å². The van der Waals surface area contributed by atoms with Gasteiger partial charge < -0.3 is 25.7 Å². The molecule has 2 aromatic rings. The van der Waals surface area contributed by atoms with Crippen LogP contribution in [0.5, 0.6) is 5.75 Å². The van der Waals surface area contributed by atoms with Gasteiger partial charge in [0.25, 0.3) is 0 Å². The predicted octanol–water partition coefficient (Wildman–Crippen LogP) is 4.62. The third-order valence-electron chi connectivity index (χ3n) is 10.9. The summed E-state index contributed by atoms with van der Waals surface area (Å²) in [6.07, 6.45) is 9.18. The fraction of sp³-hybridized carbons (Fsp3) is 0.500. The van der Waals surface area contributed by atoms with Gasteiger partial charge in [-0.3, -0.25) is 9.59 Å². The van der Waals surface area contributed by atoms with Gasteiger partial charge in [-0.25, -0.2) is 4.98 Å². The number of Topliss-reactive ketones (excluding diaryl/α,β-unsaturated/α-hetero) is 1. The number of aliphatic hydroxyl groups excluding tert-OH is 2. The van der Waals surface area contributed by atoms with Gasteiger partial charge in [0.15, 0.2) is 22.9 Å². The predicted molar refractivity (Wildman–Crippen MR) is 162 cm³/mol. The normalized spacial score (nSPS) is 34.4. The summed E-state index contributed by atoms with van der Waals surface area (Å²) in [7, 11) is 1.88. The number of ketones is 2. The summed E-state index contributed by atoms with van der Waals surface area (Å²) in [5, 5.41) is 28.2. The number of carbonyl (C=O) groups excluding carboxylic acids is 2. The van der Waals surface area contributed by atoms with Crippen LogP contribution in [-0.2, 0) is 21.0 Å². The largest absolute Gasteiger partial charge is 0.393 e. The standard InChI is InChI=1S/C34H41N3O6/c1-32-14-12-24(39)16-22(32)6-10-26-27-13-15-34(29(41)20-38,33(27,2)17-28(40)31(26)32)43-42-25-9-11-30(37-19-25)36-18-21-4-7-23(35-3)8-5-21/h4-5,7-9,11-12,14,16,19,26-28,31,35,38,40H,6,10,13,15,17-18,20H2,1-3H3,(H,36,37). The van der Waals surface area contributed by atoms with Gasteiger partial charge in [0.05, 0.1) is 12.3 Å². The quantitative estimate of drug-likeness (QED) is 0.245. The summed E-state index contributed by atoms with van der Waals surface area (Å²) in [6.45, 7) is 4.05. The van der Waals surface area contributed by atoms with Crippen molar-refractivity contribution in [3.05, 3.63) is 72.0 Å². The fourth-order valence-electron chi connectivity index (χ4n) is 8.72. The van der Waals surface area contributed by atoms with Crippen molar-refractivity contribution < 1.29 is 29.6 Å². The SMILES string of the molecule is CNc1ccc(CNc2ccc(OOC3(C(=O)CO)CCC4C5CCC6=CC(=O)C=CC6(C)C5C(O)CC43C)cn2)cc1. The molecule has 0 radical (unpaired) electrons. The number of carbonyl (C=O) groups is 2. The molecule has 0 saturated heterocycles. The molecule has 7 atom stereocenters. The van der Waals surface area contributed by atoms with E-state index in [1.807, 2.05) is 44.3 Å². The first-order chi connectivity index (χ1) is 20.6. The van der Waals surface area contributed by atoms with Gasteiger partial charge in [-0.2, -0.15) is 4.89 Å². The topological polar surface area (TPSA) is 130 Å². The van der Waals surface area contributed by atoms with Gasteiger partial charge in [0.1, 0.15) is 12.4 Å². The maximum absolute atomic E-state index is 13.5. The molecule has 4 aliphatic carbocycles. The van der Waals surface area contributed by atoms with Crippen molar-refractivity contribution in [2.45, 2.75) is 64.2 Å². The lowest BCUT2D eigenvalue weighted by Gasteiger charge is -2.59. The van der Waals surface area contributed by atoms with Gasteiger partial charge in [0, 0.05) is 36.0 Å². The first kappa shape index (κ1) is 29.5. The third-order valence-corrected chi connectivity index (χ3v) is 10.9. The molecule has 7 unspecified atom stereocenters. The number of rotatable bonds is 9. The maximum atomic E-state index is 13.5. The number of aromatic nitrogens is 1. The molecule has 43 heavy (non-hydrogen) atoms. The van der Waals surface area contributed by atoms with Crippen molar-refractivity contribution in [1.82, 2.24) is 4.98 Å². The summed E-state index contributed by atoms with van der Waals surface area (Å²) in [5.41, 5.74) is 0.669. The molecule has 0 bridgehead atoms. The Morgan fingerprint density at radius 3 is 2.63 bits per heavy atom. The van der Waals surface area contributed by atoms with E-state index >= 15 is 0 Å². The van der Waals surface area contributed by atoms with Crippen LogP contribution in [0.25, 0.3) is 0 Å². The van der Waals surface area contributed by atoms with Crippen LogP contribution in [0.15, 0.2) is 66.4 Å². The number of pyridine rings is 1. The highest BCUT2D eigenvalue weighted by molar-refractivity contribution is 6.01. The van der Waals surface area contributed by atoms with Crippen molar-refractivity contribution in [1.29, 1.82) is 0 Å². The average Bonchev–Trinajstić information content (AvgIpc) is 3.31. The second kappa shape index (κ2) is 11.2. The van der Waals surface area contributed by atoms with Crippen molar-refractivity contribution in [2.75, 3.05) is 24.3 Å². The molecule has 9 nitrogen and oxygen atoms in total. The van der Waals surface area contributed by atoms with Crippen LogP contribution < -0.4 is 15.5 Å². The molecule has 4 N–H and O–H groups in total. The molecule has 228 valence electrons. The van der Waals surface area contributed by atoms with Crippen LogP contribution >= 0.6 is 0 Å². The zero-order valence-corrected chi connectivity index (χ0v) is 25.0. The number of allylic oxidation sites excluding steroid dienone is 4.